The van der Waals surface area contributed by atoms with E-state index in [1.807, 2.05) is 6.07 Å². The van der Waals surface area contributed by atoms with E-state index in [9.17, 15) is 0 Å². The molecule has 1 aromatic heterocycles. The van der Waals surface area contributed by atoms with Crippen LogP contribution in [0.4, 0.5) is 0 Å². The SMILES string of the molecule is [B]c1nc(C#N)cs1. The molecule has 1 heterocycles. The lowest BCUT2D eigenvalue weighted by atomic mass is 10.2. The highest BCUT2D eigenvalue weighted by atomic mass is 32.1. The lowest BCUT2D eigenvalue weighted by Gasteiger charge is -1.69. The van der Waals surface area contributed by atoms with Crippen LogP contribution in [0, 0.1) is 11.3 Å². The Hall–Kier alpha value is -0.815. The van der Waals surface area contributed by atoms with Gasteiger partial charge in [0.25, 0.3) is 0 Å². The van der Waals surface area contributed by atoms with Gasteiger partial charge in [0, 0.05) is 10.3 Å². The molecule has 0 unspecified atom stereocenters. The third kappa shape index (κ3) is 0.875. The van der Waals surface area contributed by atoms with E-state index in [4.69, 9.17) is 13.1 Å². The summed E-state index contributed by atoms with van der Waals surface area (Å²) in [6.45, 7) is 0. The Balaban J connectivity index is 3.05. The minimum atomic E-state index is 0.396. The van der Waals surface area contributed by atoms with Gasteiger partial charge in [0.05, 0.1) is 0 Å². The Labute approximate surface area is 52.2 Å². The quantitative estimate of drug-likeness (QED) is 0.445. The fourth-order valence-corrected chi connectivity index (χ4v) is 0.828. The molecule has 0 saturated carbocycles. The topological polar surface area (TPSA) is 36.7 Å². The minimum Gasteiger partial charge on any atom is -0.243 e. The third-order valence-electron chi connectivity index (χ3n) is 0.636. The van der Waals surface area contributed by atoms with Gasteiger partial charge in [-0.25, -0.2) is 4.98 Å². The van der Waals surface area contributed by atoms with Gasteiger partial charge in [-0.05, 0) is 0 Å². The molecule has 0 aliphatic heterocycles. The predicted molar refractivity (Wildman–Crippen MR) is 32.2 cm³/mol. The van der Waals surface area contributed by atoms with Crippen molar-refractivity contribution in [1.29, 1.82) is 5.26 Å². The number of aromatic nitrogens is 1. The molecule has 0 aliphatic rings. The number of hydrogen-bond donors (Lipinski definition) is 0. The zero-order chi connectivity index (χ0) is 5.98. The number of rotatable bonds is 0. The Morgan fingerprint density at radius 1 is 1.88 bits per heavy atom. The molecular weight excluding hydrogens is 119 g/mol. The first-order valence-electron chi connectivity index (χ1n) is 1.94. The molecule has 1 rings (SSSR count). The molecule has 0 amide bonds. The zero-order valence-corrected chi connectivity index (χ0v) is 4.77. The smallest absolute Gasteiger partial charge is 0.157 e. The van der Waals surface area contributed by atoms with E-state index in [1.165, 1.54) is 11.3 Å². The molecular formula is C4HBN2S. The largest absolute Gasteiger partial charge is 0.243 e. The van der Waals surface area contributed by atoms with Crippen LogP contribution < -0.4 is 4.91 Å². The molecule has 1 aromatic rings. The lowest BCUT2D eigenvalue weighted by Crippen LogP contribution is -1.97. The van der Waals surface area contributed by atoms with E-state index in [1.54, 1.807) is 5.38 Å². The van der Waals surface area contributed by atoms with E-state index in [2.05, 4.69) is 4.98 Å². The van der Waals surface area contributed by atoms with E-state index in [-0.39, 0.29) is 0 Å². The van der Waals surface area contributed by atoms with Crippen molar-refractivity contribution < 1.29 is 0 Å². The molecule has 0 aromatic carbocycles. The second kappa shape index (κ2) is 1.97. The van der Waals surface area contributed by atoms with Crippen molar-refractivity contribution in [3.05, 3.63) is 11.1 Å². The van der Waals surface area contributed by atoms with Gasteiger partial charge in [0.1, 0.15) is 6.07 Å². The van der Waals surface area contributed by atoms with Crippen molar-refractivity contribution in [2.24, 2.45) is 0 Å². The normalized spacial score (nSPS) is 8.38. The highest BCUT2D eigenvalue weighted by molar-refractivity contribution is 7.17. The first kappa shape index (κ1) is 5.32. The van der Waals surface area contributed by atoms with Gasteiger partial charge in [0.15, 0.2) is 13.5 Å². The first-order chi connectivity index (χ1) is 3.83. The van der Waals surface area contributed by atoms with Crippen LogP contribution in [-0.2, 0) is 0 Å². The molecule has 8 heavy (non-hydrogen) atoms. The lowest BCUT2D eigenvalue weighted by molar-refractivity contribution is 1.37. The van der Waals surface area contributed by atoms with Gasteiger partial charge in [-0.2, -0.15) is 5.26 Å². The van der Waals surface area contributed by atoms with Crippen molar-refractivity contribution in [2.45, 2.75) is 0 Å². The van der Waals surface area contributed by atoms with Gasteiger partial charge in [-0.3, -0.25) is 0 Å². The molecule has 36 valence electrons. The molecule has 0 bridgehead atoms. The Kier molecular flexibility index (Phi) is 1.31. The van der Waals surface area contributed by atoms with Crippen LogP contribution in [0.3, 0.4) is 0 Å². The highest BCUT2D eigenvalue weighted by Crippen LogP contribution is 1.93. The van der Waals surface area contributed by atoms with Crippen LogP contribution in [-0.4, -0.2) is 12.8 Å². The van der Waals surface area contributed by atoms with Crippen molar-refractivity contribution in [2.75, 3.05) is 0 Å². The van der Waals surface area contributed by atoms with Gasteiger partial charge in [0.2, 0.25) is 0 Å². The summed E-state index contributed by atoms with van der Waals surface area (Å²) in [5.41, 5.74) is 0.396. The minimum absolute atomic E-state index is 0.396. The summed E-state index contributed by atoms with van der Waals surface area (Å²) in [6, 6.07) is 1.87. The molecule has 0 spiro atoms. The molecule has 0 saturated heterocycles. The average Bonchev–Trinajstić information content (AvgIpc) is 2.14. The first-order valence-corrected chi connectivity index (χ1v) is 2.82. The maximum Gasteiger partial charge on any atom is 0.157 e. The van der Waals surface area contributed by atoms with Crippen LogP contribution in [0.15, 0.2) is 5.38 Å². The van der Waals surface area contributed by atoms with Gasteiger partial charge < -0.3 is 0 Å². The van der Waals surface area contributed by atoms with Crippen LogP contribution in [0.2, 0.25) is 0 Å². The zero-order valence-electron chi connectivity index (χ0n) is 3.96. The molecule has 0 fully saturated rings. The van der Waals surface area contributed by atoms with Crippen molar-refractivity contribution >= 4 is 24.1 Å². The summed E-state index contributed by atoms with van der Waals surface area (Å²) in [5, 5.41) is 9.81. The summed E-state index contributed by atoms with van der Waals surface area (Å²) in [7, 11) is 5.21. The van der Waals surface area contributed by atoms with Crippen molar-refractivity contribution in [3.8, 4) is 6.07 Å². The fourth-order valence-electron chi connectivity index (χ4n) is 0.339. The standard InChI is InChI=1S/C4HBN2S/c5-4-7-3(1-6)2-8-4/h2H. The van der Waals surface area contributed by atoms with Crippen LogP contribution >= 0.6 is 11.3 Å². The maximum atomic E-state index is 8.19. The Bertz CT molecular complexity index is 224. The van der Waals surface area contributed by atoms with Crippen LogP contribution in [0.25, 0.3) is 0 Å². The summed E-state index contributed by atoms with van der Waals surface area (Å²) in [4.78, 5) is 4.11. The highest BCUT2D eigenvalue weighted by Gasteiger charge is 1.91. The summed E-state index contributed by atoms with van der Waals surface area (Å²) in [5.74, 6) is 0. The van der Waals surface area contributed by atoms with E-state index < -0.39 is 0 Å². The maximum absolute atomic E-state index is 8.19. The second-order valence-electron chi connectivity index (χ2n) is 1.18. The van der Waals surface area contributed by atoms with Crippen LogP contribution in [0.5, 0.6) is 0 Å². The number of hydrogen-bond acceptors (Lipinski definition) is 3. The molecule has 0 atom stereocenters. The summed E-state index contributed by atoms with van der Waals surface area (Å²) < 4.78 is 0. The fraction of sp³-hybridized carbons (Fsp3) is 0. The molecule has 2 radical (unpaired) electrons. The van der Waals surface area contributed by atoms with E-state index in [0.717, 1.165) is 0 Å². The Morgan fingerprint density at radius 3 is 2.88 bits per heavy atom. The summed E-state index contributed by atoms with van der Waals surface area (Å²) >= 11 is 1.27. The molecule has 2 nitrogen and oxygen atoms in total. The number of nitriles is 1. The summed E-state index contributed by atoms with van der Waals surface area (Å²) in [6.07, 6.45) is 0. The monoisotopic (exact) mass is 120 g/mol. The van der Waals surface area contributed by atoms with E-state index in [0.29, 0.717) is 10.6 Å². The van der Waals surface area contributed by atoms with Gasteiger partial charge in [-0.15, -0.1) is 11.3 Å². The molecule has 0 N–H and O–H groups in total. The van der Waals surface area contributed by atoms with E-state index >= 15 is 0 Å². The number of nitrogens with zero attached hydrogens (tertiary/aromatic N) is 2. The number of thiazole rings is 1. The molecule has 4 heteroatoms. The van der Waals surface area contributed by atoms with Gasteiger partial charge in [-0.1, -0.05) is 0 Å². The predicted octanol–water partition coefficient (Wildman–Crippen LogP) is -0.191. The molecule has 0 aliphatic carbocycles. The van der Waals surface area contributed by atoms with Crippen LogP contribution in [0.1, 0.15) is 5.69 Å². The van der Waals surface area contributed by atoms with Gasteiger partial charge >= 0.3 is 0 Å². The Morgan fingerprint density at radius 2 is 2.62 bits per heavy atom. The second-order valence-corrected chi connectivity index (χ2v) is 2.07. The van der Waals surface area contributed by atoms with Crippen molar-refractivity contribution in [3.63, 3.8) is 0 Å². The average molecular weight is 120 g/mol. The van der Waals surface area contributed by atoms with Crippen molar-refractivity contribution in [1.82, 2.24) is 4.98 Å². The third-order valence-corrected chi connectivity index (χ3v) is 1.31.